The molecule has 1 N–H and O–H groups in total. The van der Waals surface area contributed by atoms with E-state index in [-0.39, 0.29) is 30.5 Å². The number of Topliss-reactive ketones (excluding diaryl/α,β-unsaturated/α-hetero) is 1. The minimum Gasteiger partial charge on any atom is -0.463 e. The summed E-state index contributed by atoms with van der Waals surface area (Å²) >= 11 is 0. The molecule has 0 aromatic rings. The Morgan fingerprint density at radius 2 is 1.68 bits per heavy atom. The molecule has 2 unspecified atom stereocenters. The van der Waals surface area contributed by atoms with Crippen molar-refractivity contribution in [2.75, 3.05) is 61.0 Å². The summed E-state index contributed by atoms with van der Waals surface area (Å²) in [5, 5.41) is 11.3. The summed E-state index contributed by atoms with van der Waals surface area (Å²) in [5.41, 5.74) is -1.53. The van der Waals surface area contributed by atoms with Gasteiger partial charge in [-0.25, -0.2) is 4.58 Å². The van der Waals surface area contributed by atoms with E-state index in [0.29, 0.717) is 24.7 Å². The van der Waals surface area contributed by atoms with E-state index in [1.807, 2.05) is 32.5 Å². The Bertz CT molecular complexity index is 1180. The highest BCUT2D eigenvalue weighted by atomic mass is 16.7. The lowest BCUT2D eigenvalue weighted by molar-refractivity contribution is -0.473. The molecule has 3 saturated heterocycles. The minimum atomic E-state index is -1.41. The van der Waals surface area contributed by atoms with Crippen LogP contribution < -0.4 is 0 Å². The van der Waals surface area contributed by atoms with E-state index in [1.165, 1.54) is 0 Å². The van der Waals surface area contributed by atoms with E-state index in [2.05, 4.69) is 48.1 Å². The molecule has 0 bridgehead atoms. The molecule has 3 heterocycles. The van der Waals surface area contributed by atoms with E-state index in [1.54, 1.807) is 27.9 Å². The molecular weight excluding hydrogens is 598 g/mol. The quantitative estimate of drug-likeness (QED) is 0.250. The normalized spacial score (nSPS) is 39.1. The molecule has 47 heavy (non-hydrogen) atoms. The topological polar surface area (TPSA) is 101 Å². The van der Waals surface area contributed by atoms with Gasteiger partial charge in [0.2, 0.25) is 0 Å². The highest BCUT2D eigenvalue weighted by Gasteiger charge is 2.51. The largest absolute Gasteiger partial charge is 0.463 e. The van der Waals surface area contributed by atoms with Gasteiger partial charge in [0.25, 0.3) is 0 Å². The molecule has 0 spiro atoms. The highest BCUT2D eigenvalue weighted by Crippen LogP contribution is 2.38. The Hall–Kier alpha value is -1.95. The number of hydrogen-bond donors (Lipinski definition) is 1. The van der Waals surface area contributed by atoms with Crippen molar-refractivity contribution in [3.63, 3.8) is 0 Å². The molecule has 10 atom stereocenters. The van der Waals surface area contributed by atoms with Crippen LogP contribution in [0, 0.1) is 29.1 Å². The number of fused-ring (bicyclic) bond motifs is 1. The molecule has 10 heteroatoms. The van der Waals surface area contributed by atoms with Gasteiger partial charge in [-0.05, 0) is 78.3 Å². The Morgan fingerprint density at radius 3 is 2.28 bits per heavy atom. The zero-order valence-corrected chi connectivity index (χ0v) is 30.6. The summed E-state index contributed by atoms with van der Waals surface area (Å²) in [4.78, 5) is 32.7. The molecule has 3 fully saturated rings. The fourth-order valence-corrected chi connectivity index (χ4v) is 8.21. The highest BCUT2D eigenvalue weighted by molar-refractivity contribution is 6.04. The van der Waals surface area contributed by atoms with Gasteiger partial charge in [0.1, 0.15) is 26.1 Å². The first-order valence-corrected chi connectivity index (χ1v) is 17.6. The molecule has 0 aromatic heterocycles. The van der Waals surface area contributed by atoms with E-state index in [0.717, 1.165) is 44.7 Å². The standard InChI is InChI=1S/C37H62N3O7/c1-24-19-37(6,44-10)33(47-34-31(41)30(38(7)8)18-25(2)46-34)26(3)32(42)36(4,5)35(43)45-23-29(39(9)20-24)16-13-17-40-21-27-14-11-12-15-28(27)22-40/h11-12,14-15,24-29,31,33-34,41H,13,16-23H2,1-10H3/q+1/t24-,25-,26+,27?,28?,29+,31-,33-,34+,37-/m1/s1. The summed E-state index contributed by atoms with van der Waals surface area (Å²) in [5.74, 6) is -0.222. The van der Waals surface area contributed by atoms with Gasteiger partial charge in [-0.2, -0.15) is 0 Å². The third-order valence-corrected chi connectivity index (χ3v) is 11.1. The second-order valence-corrected chi connectivity index (χ2v) is 15.7. The van der Waals surface area contributed by atoms with Crippen LogP contribution >= 0.6 is 0 Å². The molecule has 10 nitrogen and oxygen atoms in total. The second kappa shape index (κ2) is 15.7. The number of methoxy groups -OCH3 is 1. The second-order valence-electron chi connectivity index (χ2n) is 15.7. The number of aliphatic hydroxyl groups is 1. The van der Waals surface area contributed by atoms with E-state index in [9.17, 15) is 14.7 Å². The van der Waals surface area contributed by atoms with E-state index >= 15 is 0 Å². The molecule has 266 valence electrons. The predicted octanol–water partition coefficient (Wildman–Crippen LogP) is 3.55. The fraction of sp³-hybridized carbons (Fsp3) is 0.811. The molecule has 0 saturated carbocycles. The zero-order chi connectivity index (χ0) is 34.7. The van der Waals surface area contributed by atoms with Crippen LogP contribution in [0.25, 0.3) is 0 Å². The lowest BCUT2D eigenvalue weighted by atomic mass is 9.74. The number of carbonyl (C=O) groups is 2. The van der Waals surface area contributed by atoms with Crippen LogP contribution in [0.1, 0.15) is 67.2 Å². The van der Waals surface area contributed by atoms with Gasteiger partial charge in [0.05, 0.1) is 24.2 Å². The number of ketones is 1. The molecule has 4 aliphatic rings. The van der Waals surface area contributed by atoms with Crippen molar-refractivity contribution in [3.8, 4) is 0 Å². The number of cyclic esters (lactones) is 1. The van der Waals surface area contributed by atoms with Crippen LogP contribution in [0.4, 0.5) is 0 Å². The van der Waals surface area contributed by atoms with Crippen LogP contribution in [0.2, 0.25) is 0 Å². The van der Waals surface area contributed by atoms with Gasteiger partial charge in [-0.3, -0.25) is 14.5 Å². The van der Waals surface area contributed by atoms with Crippen LogP contribution in [-0.4, -0.2) is 134 Å². The maximum Gasteiger partial charge on any atom is 0.319 e. The van der Waals surface area contributed by atoms with Crippen molar-refractivity contribution in [2.24, 2.45) is 29.1 Å². The SMILES string of the molecule is CO[C@]1(C)C[C@@H](C)CN(C)[C@@H](CCCN2CC3C=CC=CC3C2)COC(=O)C(C)(C)C(=O)[C@H](C)[C@H]1O[C@@H]1O[C@H](C)CC(=[N+](C)C)[C@H]1O. The third kappa shape index (κ3) is 8.81. The van der Waals surface area contributed by atoms with Gasteiger partial charge in [0.15, 0.2) is 23.9 Å². The van der Waals surface area contributed by atoms with Crippen LogP contribution in [-0.2, 0) is 28.5 Å². The summed E-state index contributed by atoms with van der Waals surface area (Å²) < 4.78 is 26.9. The van der Waals surface area contributed by atoms with E-state index < -0.39 is 41.4 Å². The number of nitrogens with zero attached hydrogens (tertiary/aromatic N) is 3. The average Bonchev–Trinajstić information content (AvgIpc) is 3.43. The van der Waals surface area contributed by atoms with E-state index in [4.69, 9.17) is 18.9 Å². The number of hydrogen-bond acceptors (Lipinski definition) is 9. The first-order chi connectivity index (χ1) is 22.1. The van der Waals surface area contributed by atoms with Crippen molar-refractivity contribution >= 4 is 17.5 Å². The van der Waals surface area contributed by atoms with Gasteiger partial charge < -0.3 is 29.0 Å². The molecule has 0 aromatic carbocycles. The number of rotatable bonds is 7. The predicted molar refractivity (Wildman–Crippen MR) is 182 cm³/mol. The Kier molecular flexibility index (Phi) is 12.7. The number of esters is 1. The molecule has 0 amide bonds. The number of likely N-dealkylation sites (N-methyl/N-ethyl adjacent to an activating group) is 1. The molecule has 0 radical (unpaired) electrons. The summed E-state index contributed by atoms with van der Waals surface area (Å²) in [6.07, 6.45) is 9.02. The summed E-state index contributed by atoms with van der Waals surface area (Å²) in [7, 11) is 7.52. The Labute approximate surface area is 283 Å². The van der Waals surface area contributed by atoms with Crippen LogP contribution in [0.5, 0.6) is 0 Å². The Balaban J connectivity index is 1.55. The van der Waals surface area contributed by atoms with Gasteiger partial charge >= 0.3 is 5.97 Å². The smallest absolute Gasteiger partial charge is 0.319 e. The molecular formula is C37H62N3O7+. The summed E-state index contributed by atoms with van der Waals surface area (Å²) in [6.45, 7) is 15.3. The van der Waals surface area contributed by atoms with Crippen molar-refractivity contribution in [1.29, 1.82) is 0 Å². The number of aliphatic hydroxyl groups excluding tert-OH is 1. The zero-order valence-electron chi connectivity index (χ0n) is 30.6. The third-order valence-electron chi connectivity index (χ3n) is 11.1. The maximum absolute atomic E-state index is 14.2. The molecule has 3 aliphatic heterocycles. The lowest BCUT2D eigenvalue weighted by Crippen LogP contribution is -2.57. The first kappa shape index (κ1) is 37.9. The lowest BCUT2D eigenvalue weighted by Gasteiger charge is -2.44. The monoisotopic (exact) mass is 660 g/mol. The average molecular weight is 661 g/mol. The van der Waals surface area contributed by atoms with Crippen molar-refractivity contribution < 1.29 is 38.2 Å². The first-order valence-electron chi connectivity index (χ1n) is 17.6. The molecule has 1 aliphatic carbocycles. The minimum absolute atomic E-state index is 0.0169. The Morgan fingerprint density at radius 1 is 1.04 bits per heavy atom. The van der Waals surface area contributed by atoms with Crippen LogP contribution in [0.15, 0.2) is 24.3 Å². The maximum atomic E-state index is 14.2. The van der Waals surface area contributed by atoms with Gasteiger partial charge in [0, 0.05) is 38.7 Å². The van der Waals surface area contributed by atoms with Crippen molar-refractivity contribution in [1.82, 2.24) is 9.80 Å². The van der Waals surface area contributed by atoms with Crippen LogP contribution in [0.3, 0.4) is 0 Å². The van der Waals surface area contributed by atoms with Gasteiger partial charge in [-0.1, -0.05) is 38.2 Å². The van der Waals surface area contributed by atoms with Crippen molar-refractivity contribution in [3.05, 3.63) is 24.3 Å². The fourth-order valence-electron chi connectivity index (χ4n) is 8.21. The number of ether oxygens (including phenoxy) is 4. The number of allylic oxidation sites excluding steroid dienone is 2. The van der Waals surface area contributed by atoms with Gasteiger partial charge in [-0.15, -0.1) is 0 Å². The molecule has 4 rings (SSSR count). The van der Waals surface area contributed by atoms with Crippen molar-refractivity contribution in [2.45, 2.75) is 103 Å². The number of carbonyl (C=O) groups excluding carboxylic acids is 2. The summed E-state index contributed by atoms with van der Waals surface area (Å²) in [6, 6.07) is 0.0169. The number of likely N-dealkylation sites (tertiary alicyclic amines) is 1.